The first-order valence-electron chi connectivity index (χ1n) is 9.10. The molecule has 0 bridgehead atoms. The van der Waals surface area contributed by atoms with Crippen molar-refractivity contribution < 1.29 is 29.0 Å². The fourth-order valence-corrected chi connectivity index (χ4v) is 3.22. The maximum Gasteiger partial charge on any atom is 0.410 e. The summed E-state index contributed by atoms with van der Waals surface area (Å²) in [5, 5.41) is 9.26. The van der Waals surface area contributed by atoms with Gasteiger partial charge in [0.15, 0.2) is 0 Å². The molecule has 7 nitrogen and oxygen atoms in total. The molecule has 0 aromatic heterocycles. The highest BCUT2D eigenvalue weighted by Crippen LogP contribution is 2.34. The van der Waals surface area contributed by atoms with Crippen molar-refractivity contribution in [2.24, 2.45) is 5.92 Å². The van der Waals surface area contributed by atoms with Gasteiger partial charge < -0.3 is 19.5 Å². The van der Waals surface area contributed by atoms with Crippen LogP contribution in [0.4, 0.5) is 4.79 Å². The van der Waals surface area contributed by atoms with Crippen LogP contribution in [0, 0.1) is 5.92 Å². The molecule has 2 atom stereocenters. The summed E-state index contributed by atoms with van der Waals surface area (Å²) < 4.78 is 10.6. The minimum atomic E-state index is -1.04. The van der Waals surface area contributed by atoms with E-state index >= 15 is 0 Å². The Kier molecular flexibility index (Phi) is 6.46. The number of likely N-dealkylation sites (tertiary alicyclic amines) is 1. The van der Waals surface area contributed by atoms with Crippen molar-refractivity contribution in [1.82, 2.24) is 4.90 Å². The normalized spacial score (nSPS) is 20.1. The molecule has 1 aromatic rings. The molecular formula is C20H27NO6. The van der Waals surface area contributed by atoms with Crippen molar-refractivity contribution in [2.45, 2.75) is 45.6 Å². The highest BCUT2D eigenvalue weighted by molar-refractivity contribution is 5.88. The molecule has 148 valence electrons. The number of carboxylic acid groups (broad SMARTS) is 1. The van der Waals surface area contributed by atoms with Gasteiger partial charge in [-0.25, -0.2) is 9.59 Å². The standard InChI is InChI=1S/C20H27NO6/c1-5-26-18(24)15-9-10-21(19(25)27-20(2,3)4)12-16(15)13-7-6-8-14(11-13)17(22)23/h6-8,11,15-16H,5,9-10,12H2,1-4H3,(H,22,23). The summed E-state index contributed by atoms with van der Waals surface area (Å²) in [6, 6.07) is 6.48. The Balaban J connectivity index is 2.30. The summed E-state index contributed by atoms with van der Waals surface area (Å²) in [6.45, 7) is 8.05. The summed E-state index contributed by atoms with van der Waals surface area (Å²) in [5.74, 6) is -2.16. The predicted octanol–water partition coefficient (Wildman–Crippen LogP) is 3.29. The number of benzene rings is 1. The van der Waals surface area contributed by atoms with Crippen LogP contribution in [0.1, 0.15) is 56.0 Å². The largest absolute Gasteiger partial charge is 0.478 e. The molecule has 0 spiro atoms. The Bertz CT molecular complexity index is 709. The molecule has 27 heavy (non-hydrogen) atoms. The van der Waals surface area contributed by atoms with E-state index in [0.717, 1.165) is 0 Å². The topological polar surface area (TPSA) is 93.1 Å². The molecule has 1 saturated heterocycles. The fraction of sp³-hybridized carbons (Fsp3) is 0.550. The number of ether oxygens (including phenoxy) is 2. The predicted molar refractivity (Wildman–Crippen MR) is 98.7 cm³/mol. The van der Waals surface area contributed by atoms with Crippen LogP contribution in [0.3, 0.4) is 0 Å². The zero-order valence-electron chi connectivity index (χ0n) is 16.2. The number of aromatic carboxylic acids is 1. The Hall–Kier alpha value is -2.57. The van der Waals surface area contributed by atoms with Gasteiger partial charge in [0, 0.05) is 19.0 Å². The van der Waals surface area contributed by atoms with Crippen LogP contribution in [0.5, 0.6) is 0 Å². The minimum Gasteiger partial charge on any atom is -0.478 e. The minimum absolute atomic E-state index is 0.143. The lowest BCUT2D eigenvalue weighted by Crippen LogP contribution is -2.47. The Morgan fingerprint density at radius 3 is 2.56 bits per heavy atom. The van der Waals surface area contributed by atoms with Gasteiger partial charge in [-0.1, -0.05) is 12.1 Å². The van der Waals surface area contributed by atoms with E-state index in [1.165, 1.54) is 6.07 Å². The van der Waals surface area contributed by atoms with Gasteiger partial charge in [0.2, 0.25) is 0 Å². The number of piperidine rings is 1. The highest BCUT2D eigenvalue weighted by Gasteiger charge is 2.39. The smallest absolute Gasteiger partial charge is 0.410 e. The number of rotatable bonds is 4. The summed E-state index contributed by atoms with van der Waals surface area (Å²) in [5.41, 5.74) is 0.221. The van der Waals surface area contributed by atoms with Crippen LogP contribution in [-0.2, 0) is 14.3 Å². The van der Waals surface area contributed by atoms with Crippen molar-refractivity contribution in [2.75, 3.05) is 19.7 Å². The van der Waals surface area contributed by atoms with Gasteiger partial charge in [-0.3, -0.25) is 4.79 Å². The van der Waals surface area contributed by atoms with Crippen LogP contribution in [0.25, 0.3) is 0 Å². The van der Waals surface area contributed by atoms with Crippen molar-refractivity contribution in [3.8, 4) is 0 Å². The average molecular weight is 377 g/mol. The van der Waals surface area contributed by atoms with E-state index in [0.29, 0.717) is 18.5 Å². The second-order valence-corrected chi connectivity index (χ2v) is 7.61. The van der Waals surface area contributed by atoms with Gasteiger partial charge in [0.1, 0.15) is 5.60 Å². The second-order valence-electron chi connectivity index (χ2n) is 7.61. The molecule has 0 saturated carbocycles. The van der Waals surface area contributed by atoms with Crippen LogP contribution < -0.4 is 0 Å². The third-order valence-corrected chi connectivity index (χ3v) is 4.42. The van der Waals surface area contributed by atoms with E-state index in [1.54, 1.807) is 50.8 Å². The molecule has 7 heteroatoms. The number of hydrogen-bond donors (Lipinski definition) is 1. The average Bonchev–Trinajstić information content (AvgIpc) is 2.60. The Labute approximate surface area is 159 Å². The molecule has 1 fully saturated rings. The molecule has 0 radical (unpaired) electrons. The zero-order chi connectivity index (χ0) is 20.2. The number of nitrogens with zero attached hydrogens (tertiary/aromatic N) is 1. The fourth-order valence-electron chi connectivity index (χ4n) is 3.22. The lowest BCUT2D eigenvalue weighted by atomic mass is 9.80. The first-order chi connectivity index (χ1) is 12.6. The summed E-state index contributed by atoms with van der Waals surface area (Å²) >= 11 is 0. The highest BCUT2D eigenvalue weighted by atomic mass is 16.6. The molecular weight excluding hydrogens is 350 g/mol. The van der Waals surface area contributed by atoms with E-state index < -0.39 is 23.6 Å². The van der Waals surface area contributed by atoms with E-state index in [-0.39, 0.29) is 30.6 Å². The van der Waals surface area contributed by atoms with Crippen molar-refractivity contribution in [1.29, 1.82) is 0 Å². The van der Waals surface area contributed by atoms with Gasteiger partial charge in [-0.05, 0) is 51.8 Å². The maximum atomic E-state index is 12.5. The quantitative estimate of drug-likeness (QED) is 0.810. The zero-order valence-corrected chi connectivity index (χ0v) is 16.2. The van der Waals surface area contributed by atoms with Crippen LogP contribution in [-0.4, -0.2) is 53.3 Å². The van der Waals surface area contributed by atoms with Crippen molar-refractivity contribution in [3.63, 3.8) is 0 Å². The molecule has 1 aliphatic heterocycles. The third kappa shape index (κ3) is 5.45. The first kappa shape index (κ1) is 20.7. The van der Waals surface area contributed by atoms with E-state index in [1.807, 2.05) is 0 Å². The maximum absolute atomic E-state index is 12.5. The first-order valence-corrected chi connectivity index (χ1v) is 9.10. The van der Waals surface area contributed by atoms with Gasteiger partial charge in [0.25, 0.3) is 0 Å². The van der Waals surface area contributed by atoms with Gasteiger partial charge in [0.05, 0.1) is 18.1 Å². The number of carbonyl (C=O) groups is 3. The summed E-state index contributed by atoms with van der Waals surface area (Å²) in [6.07, 6.45) is -0.00996. The monoisotopic (exact) mass is 377 g/mol. The van der Waals surface area contributed by atoms with E-state index in [4.69, 9.17) is 9.47 Å². The lowest BCUT2D eigenvalue weighted by molar-refractivity contribution is -0.150. The van der Waals surface area contributed by atoms with Crippen LogP contribution >= 0.6 is 0 Å². The molecule has 1 aliphatic rings. The van der Waals surface area contributed by atoms with Crippen molar-refractivity contribution in [3.05, 3.63) is 35.4 Å². The summed E-state index contributed by atoms with van der Waals surface area (Å²) in [7, 11) is 0. The Morgan fingerprint density at radius 2 is 1.96 bits per heavy atom. The lowest BCUT2D eigenvalue weighted by Gasteiger charge is -2.38. The third-order valence-electron chi connectivity index (χ3n) is 4.42. The summed E-state index contributed by atoms with van der Waals surface area (Å²) in [4.78, 5) is 37.8. The molecule has 1 aromatic carbocycles. The number of amides is 1. The number of carboxylic acids is 1. The molecule has 1 heterocycles. The number of carbonyl (C=O) groups excluding carboxylic acids is 2. The molecule has 2 unspecified atom stereocenters. The number of esters is 1. The molecule has 0 aliphatic carbocycles. The molecule has 1 amide bonds. The van der Waals surface area contributed by atoms with Crippen molar-refractivity contribution >= 4 is 18.0 Å². The van der Waals surface area contributed by atoms with Gasteiger partial charge in [-0.15, -0.1) is 0 Å². The number of hydrogen-bond acceptors (Lipinski definition) is 5. The van der Waals surface area contributed by atoms with Gasteiger partial charge >= 0.3 is 18.0 Å². The SMILES string of the molecule is CCOC(=O)C1CCN(C(=O)OC(C)(C)C)CC1c1cccc(C(=O)O)c1. The Morgan fingerprint density at radius 1 is 1.26 bits per heavy atom. The van der Waals surface area contributed by atoms with Crippen LogP contribution in [0.15, 0.2) is 24.3 Å². The van der Waals surface area contributed by atoms with Gasteiger partial charge in [-0.2, -0.15) is 0 Å². The molecule has 1 N–H and O–H groups in total. The molecule has 2 rings (SSSR count). The van der Waals surface area contributed by atoms with E-state index in [2.05, 4.69) is 0 Å². The second kappa shape index (κ2) is 8.41. The van der Waals surface area contributed by atoms with Crippen LogP contribution in [0.2, 0.25) is 0 Å². The van der Waals surface area contributed by atoms with E-state index in [9.17, 15) is 19.5 Å².